The number of aromatic nitrogens is 2. The van der Waals surface area contributed by atoms with Gasteiger partial charge in [-0.3, -0.25) is 10.1 Å². The van der Waals surface area contributed by atoms with Crippen LogP contribution in [-0.2, 0) is 4.79 Å². The van der Waals surface area contributed by atoms with E-state index in [-0.39, 0.29) is 0 Å². The maximum absolute atomic E-state index is 10.6. The predicted octanol–water partition coefficient (Wildman–Crippen LogP) is 0.418. The highest BCUT2D eigenvalue weighted by Gasteiger charge is 2.01. The van der Waals surface area contributed by atoms with Crippen LogP contribution in [0.1, 0.15) is 5.01 Å². The van der Waals surface area contributed by atoms with Gasteiger partial charge in [0.2, 0.25) is 5.13 Å². The first-order valence-corrected chi connectivity index (χ1v) is 3.61. The van der Waals surface area contributed by atoms with Gasteiger partial charge < -0.3 is 0 Å². The lowest BCUT2D eigenvalue weighted by atomic mass is 10.6. The van der Waals surface area contributed by atoms with Crippen LogP contribution in [0.5, 0.6) is 0 Å². The van der Waals surface area contributed by atoms with Gasteiger partial charge in [-0.1, -0.05) is 11.3 Å². The zero-order valence-electron chi connectivity index (χ0n) is 5.79. The average Bonchev–Trinajstić information content (AvgIpc) is 2.35. The minimum atomic E-state index is -0.499. The second-order valence-electron chi connectivity index (χ2n) is 1.72. The fraction of sp³-hybridized carbons (Fsp3) is 0.167. The van der Waals surface area contributed by atoms with Gasteiger partial charge in [0, 0.05) is 0 Å². The number of terminal acetylenes is 1. The van der Waals surface area contributed by atoms with Crippen molar-refractivity contribution < 1.29 is 4.79 Å². The van der Waals surface area contributed by atoms with Gasteiger partial charge in [0.25, 0.3) is 0 Å². The molecule has 0 unspecified atom stereocenters. The summed E-state index contributed by atoms with van der Waals surface area (Å²) >= 11 is 1.28. The van der Waals surface area contributed by atoms with Gasteiger partial charge in [-0.15, -0.1) is 16.6 Å². The van der Waals surface area contributed by atoms with Gasteiger partial charge in [0.05, 0.1) is 0 Å². The molecule has 1 aromatic rings. The Morgan fingerprint density at radius 1 is 1.73 bits per heavy atom. The fourth-order valence-corrected chi connectivity index (χ4v) is 1.07. The van der Waals surface area contributed by atoms with E-state index in [2.05, 4.69) is 15.5 Å². The van der Waals surface area contributed by atoms with Crippen LogP contribution in [0, 0.1) is 19.3 Å². The van der Waals surface area contributed by atoms with Crippen LogP contribution >= 0.6 is 11.3 Å². The second-order valence-corrected chi connectivity index (χ2v) is 2.91. The summed E-state index contributed by atoms with van der Waals surface area (Å²) in [5.74, 6) is 1.41. The molecule has 0 aromatic carbocycles. The molecule has 0 radical (unpaired) electrons. The number of amides is 1. The summed E-state index contributed by atoms with van der Waals surface area (Å²) in [5.41, 5.74) is 0. The van der Waals surface area contributed by atoms with Crippen molar-refractivity contribution in [1.29, 1.82) is 0 Å². The molecule has 0 fully saturated rings. The number of carbonyl (C=O) groups is 1. The Balaban J connectivity index is 2.66. The first-order chi connectivity index (χ1) is 5.22. The lowest BCUT2D eigenvalue weighted by Gasteiger charge is -1.89. The Hall–Kier alpha value is -1.41. The maximum atomic E-state index is 10.6. The summed E-state index contributed by atoms with van der Waals surface area (Å²) in [6, 6.07) is 0. The molecule has 11 heavy (non-hydrogen) atoms. The minimum absolute atomic E-state index is 0.436. The summed E-state index contributed by atoms with van der Waals surface area (Å²) in [6.45, 7) is 1.79. The van der Waals surface area contributed by atoms with E-state index in [1.54, 1.807) is 6.92 Å². The van der Waals surface area contributed by atoms with E-state index in [1.165, 1.54) is 11.3 Å². The van der Waals surface area contributed by atoms with E-state index < -0.39 is 5.91 Å². The summed E-state index contributed by atoms with van der Waals surface area (Å²) in [6.07, 6.45) is 4.82. The van der Waals surface area contributed by atoms with Crippen LogP contribution in [0.3, 0.4) is 0 Å². The first-order valence-electron chi connectivity index (χ1n) is 2.80. The van der Waals surface area contributed by atoms with Crippen molar-refractivity contribution in [3.8, 4) is 12.3 Å². The first kappa shape index (κ1) is 7.69. The molecule has 0 aliphatic rings. The Bertz CT molecular complexity index is 312. The van der Waals surface area contributed by atoms with E-state index in [0.717, 1.165) is 5.01 Å². The zero-order chi connectivity index (χ0) is 8.27. The maximum Gasteiger partial charge on any atom is 0.301 e. The highest BCUT2D eigenvalue weighted by Crippen LogP contribution is 2.12. The van der Waals surface area contributed by atoms with Crippen molar-refractivity contribution in [3.63, 3.8) is 0 Å². The summed E-state index contributed by atoms with van der Waals surface area (Å²) in [5, 5.41) is 10.9. The number of nitrogens with one attached hydrogen (secondary N) is 1. The Labute approximate surface area is 67.6 Å². The van der Waals surface area contributed by atoms with Crippen LogP contribution in [0.4, 0.5) is 5.13 Å². The molecule has 0 spiro atoms. The third-order valence-corrected chi connectivity index (χ3v) is 1.63. The van der Waals surface area contributed by atoms with Gasteiger partial charge in [0.15, 0.2) is 0 Å². The monoisotopic (exact) mass is 167 g/mol. The summed E-state index contributed by atoms with van der Waals surface area (Å²) < 4.78 is 0. The van der Waals surface area contributed by atoms with E-state index in [1.807, 2.05) is 5.92 Å². The Morgan fingerprint density at radius 2 is 2.45 bits per heavy atom. The standard InChI is InChI=1S/C6H5N3OS/c1-3-5(10)7-6-9-8-4(2)11-6/h1H,2H3,(H,7,9,10). The normalized spacial score (nSPS) is 8.73. The molecule has 0 aliphatic heterocycles. The van der Waals surface area contributed by atoms with Gasteiger partial charge >= 0.3 is 5.91 Å². The number of rotatable bonds is 1. The molecule has 4 nitrogen and oxygen atoms in total. The second kappa shape index (κ2) is 3.12. The SMILES string of the molecule is C#CC(=O)Nc1nnc(C)s1. The van der Waals surface area contributed by atoms with Crippen LogP contribution < -0.4 is 5.32 Å². The largest absolute Gasteiger partial charge is 0.301 e. The molecule has 1 heterocycles. The highest BCUT2D eigenvalue weighted by atomic mass is 32.1. The molecule has 1 aromatic heterocycles. The molecule has 0 atom stereocenters. The van der Waals surface area contributed by atoms with Crippen LogP contribution in [0.25, 0.3) is 0 Å². The lowest BCUT2D eigenvalue weighted by Crippen LogP contribution is -2.07. The number of anilines is 1. The number of carbonyl (C=O) groups excluding carboxylic acids is 1. The van der Waals surface area contributed by atoms with Gasteiger partial charge in [-0.05, 0) is 12.8 Å². The Kier molecular flexibility index (Phi) is 2.18. The van der Waals surface area contributed by atoms with E-state index in [0.29, 0.717) is 5.13 Å². The number of hydrogen-bond acceptors (Lipinski definition) is 4. The minimum Gasteiger partial charge on any atom is -0.289 e. The predicted molar refractivity (Wildman–Crippen MR) is 42.1 cm³/mol. The van der Waals surface area contributed by atoms with Crippen molar-refractivity contribution in [2.24, 2.45) is 0 Å². The van der Waals surface area contributed by atoms with Crippen molar-refractivity contribution in [2.75, 3.05) is 5.32 Å². The van der Waals surface area contributed by atoms with E-state index >= 15 is 0 Å². The van der Waals surface area contributed by atoms with Crippen LogP contribution in [0.15, 0.2) is 0 Å². The van der Waals surface area contributed by atoms with Gasteiger partial charge in [-0.2, -0.15) is 0 Å². The molecule has 1 N–H and O–H groups in total. The fourth-order valence-electron chi connectivity index (χ4n) is 0.480. The van der Waals surface area contributed by atoms with Crippen molar-refractivity contribution >= 4 is 22.4 Å². The number of aryl methyl sites for hydroxylation is 1. The topological polar surface area (TPSA) is 54.9 Å². The van der Waals surface area contributed by atoms with Crippen molar-refractivity contribution in [2.45, 2.75) is 6.92 Å². The molecular formula is C6H5N3OS. The van der Waals surface area contributed by atoms with E-state index in [9.17, 15) is 4.79 Å². The molecule has 56 valence electrons. The molecular weight excluding hydrogens is 162 g/mol. The van der Waals surface area contributed by atoms with Gasteiger partial charge in [0.1, 0.15) is 5.01 Å². The van der Waals surface area contributed by atoms with Crippen molar-refractivity contribution in [3.05, 3.63) is 5.01 Å². The molecule has 1 amide bonds. The van der Waals surface area contributed by atoms with Crippen molar-refractivity contribution in [1.82, 2.24) is 10.2 Å². The number of hydrogen-bond donors (Lipinski definition) is 1. The third-order valence-electron chi connectivity index (χ3n) is 0.878. The van der Waals surface area contributed by atoms with Gasteiger partial charge in [-0.25, -0.2) is 0 Å². The average molecular weight is 167 g/mol. The lowest BCUT2D eigenvalue weighted by molar-refractivity contribution is -0.111. The Morgan fingerprint density at radius 3 is 2.91 bits per heavy atom. The molecule has 0 aliphatic carbocycles. The molecule has 5 heteroatoms. The molecule has 1 rings (SSSR count). The molecule has 0 saturated heterocycles. The summed E-state index contributed by atoms with van der Waals surface area (Å²) in [4.78, 5) is 10.6. The zero-order valence-corrected chi connectivity index (χ0v) is 6.60. The molecule has 0 bridgehead atoms. The summed E-state index contributed by atoms with van der Waals surface area (Å²) in [7, 11) is 0. The van der Waals surface area contributed by atoms with Crippen LogP contribution in [-0.4, -0.2) is 16.1 Å². The molecule has 0 saturated carbocycles. The third kappa shape index (κ3) is 2.02. The van der Waals surface area contributed by atoms with Crippen LogP contribution in [0.2, 0.25) is 0 Å². The van der Waals surface area contributed by atoms with E-state index in [4.69, 9.17) is 6.42 Å². The quantitative estimate of drug-likeness (QED) is 0.617. The highest BCUT2D eigenvalue weighted by molar-refractivity contribution is 7.15. The number of nitrogens with zero attached hydrogens (tertiary/aromatic N) is 2. The smallest absolute Gasteiger partial charge is 0.289 e.